The zero-order valence-electron chi connectivity index (χ0n) is 21.0. The van der Waals surface area contributed by atoms with E-state index < -0.39 is 21.6 Å². The van der Waals surface area contributed by atoms with Crippen LogP contribution in [0.5, 0.6) is 0 Å². The molecular weight excluding hydrogens is 540 g/mol. The van der Waals surface area contributed by atoms with Crippen LogP contribution in [-0.2, 0) is 14.8 Å². The molecule has 0 radical (unpaired) electrons. The number of fused-ring (bicyclic) bond motifs is 1. The molecular formula is C28H25ClN4O5S. The summed E-state index contributed by atoms with van der Waals surface area (Å²) in [6.07, 6.45) is 0. The van der Waals surface area contributed by atoms with Gasteiger partial charge in [-0.2, -0.15) is 0 Å². The molecule has 0 atom stereocenters. The summed E-state index contributed by atoms with van der Waals surface area (Å²) < 4.78 is 29.1. The van der Waals surface area contributed by atoms with Gasteiger partial charge >= 0.3 is 0 Å². The predicted octanol–water partition coefficient (Wildman–Crippen LogP) is 3.69. The third-order valence-electron chi connectivity index (χ3n) is 6.59. The molecule has 1 heterocycles. The standard InChI is InChI=1S/C28H25ClN4O5S/c1-18(34)30-20-9-11-22(12-10-20)39(37,38)31-25-26(28(36)24-8-3-2-7-23(24)27(25)35)33-15-13-32(14-16-33)21-6-4-5-19(29)17-21/h2-12,17,31H,13-16H2,1H3,(H,30,34). The summed E-state index contributed by atoms with van der Waals surface area (Å²) >= 11 is 6.15. The number of allylic oxidation sites excluding steroid dienone is 2. The number of carbonyl (C=O) groups excluding carboxylic acids is 3. The Morgan fingerprint density at radius 2 is 1.44 bits per heavy atom. The highest BCUT2D eigenvalue weighted by Crippen LogP contribution is 2.30. The van der Waals surface area contributed by atoms with E-state index in [-0.39, 0.29) is 33.3 Å². The average molecular weight is 565 g/mol. The molecule has 1 aliphatic carbocycles. The van der Waals surface area contributed by atoms with Gasteiger partial charge in [0.1, 0.15) is 11.4 Å². The molecule has 3 aromatic rings. The van der Waals surface area contributed by atoms with Gasteiger partial charge in [0.15, 0.2) is 0 Å². The number of hydrogen-bond acceptors (Lipinski definition) is 7. The van der Waals surface area contributed by atoms with E-state index in [1.54, 1.807) is 29.2 Å². The van der Waals surface area contributed by atoms with Gasteiger partial charge in [-0.15, -0.1) is 0 Å². The number of ketones is 2. The normalized spacial score (nSPS) is 15.7. The average Bonchev–Trinajstić information content (AvgIpc) is 2.92. The molecule has 3 aromatic carbocycles. The second-order valence-electron chi connectivity index (χ2n) is 9.19. The second kappa shape index (κ2) is 10.5. The highest BCUT2D eigenvalue weighted by atomic mass is 35.5. The molecule has 1 amide bonds. The van der Waals surface area contributed by atoms with Crippen molar-refractivity contribution in [2.45, 2.75) is 11.8 Å². The van der Waals surface area contributed by atoms with Crippen LogP contribution >= 0.6 is 11.6 Å². The number of sulfonamides is 1. The fourth-order valence-electron chi connectivity index (χ4n) is 4.73. The molecule has 2 aliphatic rings. The number of piperazine rings is 1. The van der Waals surface area contributed by atoms with Crippen LogP contribution < -0.4 is 14.9 Å². The molecule has 1 aliphatic heterocycles. The molecule has 0 unspecified atom stereocenters. The van der Waals surface area contributed by atoms with E-state index in [1.165, 1.54) is 37.3 Å². The van der Waals surface area contributed by atoms with Crippen molar-refractivity contribution in [3.63, 3.8) is 0 Å². The number of nitrogens with zero attached hydrogens (tertiary/aromatic N) is 2. The van der Waals surface area contributed by atoms with E-state index in [2.05, 4.69) is 14.9 Å². The summed E-state index contributed by atoms with van der Waals surface area (Å²) in [5, 5.41) is 3.19. The topological polar surface area (TPSA) is 116 Å². The lowest BCUT2D eigenvalue weighted by Gasteiger charge is -2.39. The molecule has 0 bridgehead atoms. The minimum Gasteiger partial charge on any atom is -0.368 e. The van der Waals surface area contributed by atoms with E-state index in [0.717, 1.165) is 5.69 Å². The van der Waals surface area contributed by atoms with Crippen LogP contribution in [0.25, 0.3) is 0 Å². The van der Waals surface area contributed by atoms with E-state index in [1.807, 2.05) is 18.2 Å². The molecule has 2 N–H and O–H groups in total. The molecule has 0 aromatic heterocycles. The maximum atomic E-state index is 13.7. The van der Waals surface area contributed by atoms with Crippen LogP contribution in [0.2, 0.25) is 5.02 Å². The molecule has 5 rings (SSSR count). The molecule has 9 nitrogen and oxygen atoms in total. The Kier molecular flexibility index (Phi) is 7.16. The maximum absolute atomic E-state index is 13.7. The lowest BCUT2D eigenvalue weighted by atomic mass is 9.89. The van der Waals surface area contributed by atoms with Gasteiger partial charge in [0.05, 0.1) is 4.90 Å². The molecule has 11 heteroatoms. The number of carbonyl (C=O) groups is 3. The van der Waals surface area contributed by atoms with Crippen molar-refractivity contribution in [3.8, 4) is 0 Å². The number of nitrogens with one attached hydrogen (secondary N) is 2. The number of Topliss-reactive ketones (excluding diaryl/α,β-unsaturated/α-hetero) is 2. The number of anilines is 2. The van der Waals surface area contributed by atoms with Crippen molar-refractivity contribution in [3.05, 3.63) is 100 Å². The first-order valence-electron chi connectivity index (χ1n) is 12.2. The largest absolute Gasteiger partial charge is 0.368 e. The van der Waals surface area contributed by atoms with Crippen LogP contribution in [0, 0.1) is 0 Å². The minimum absolute atomic E-state index is 0.0304. The third kappa shape index (κ3) is 5.39. The summed E-state index contributed by atoms with van der Waals surface area (Å²) in [6.45, 7) is 3.20. The maximum Gasteiger partial charge on any atom is 0.262 e. The first-order chi connectivity index (χ1) is 18.6. The van der Waals surface area contributed by atoms with Crippen LogP contribution in [0.1, 0.15) is 27.6 Å². The van der Waals surface area contributed by atoms with Crippen molar-refractivity contribution in [1.82, 2.24) is 9.62 Å². The summed E-state index contributed by atoms with van der Waals surface area (Å²) in [4.78, 5) is 42.3. The van der Waals surface area contributed by atoms with Crippen molar-refractivity contribution in [1.29, 1.82) is 0 Å². The van der Waals surface area contributed by atoms with E-state index in [4.69, 9.17) is 11.6 Å². The Labute approximate surface area is 231 Å². The van der Waals surface area contributed by atoms with Gasteiger partial charge in [-0.1, -0.05) is 41.9 Å². The van der Waals surface area contributed by atoms with Crippen LogP contribution in [-0.4, -0.2) is 57.0 Å². The number of halogens is 1. The lowest BCUT2D eigenvalue weighted by molar-refractivity contribution is -0.114. The summed E-state index contributed by atoms with van der Waals surface area (Å²) in [6, 6.07) is 19.4. The van der Waals surface area contributed by atoms with Gasteiger partial charge in [0, 0.05) is 60.6 Å². The van der Waals surface area contributed by atoms with Crippen molar-refractivity contribution < 1.29 is 22.8 Å². The zero-order chi connectivity index (χ0) is 27.7. The number of hydrogen-bond donors (Lipinski definition) is 2. The molecule has 39 heavy (non-hydrogen) atoms. The quantitative estimate of drug-likeness (QED) is 0.469. The summed E-state index contributed by atoms with van der Waals surface area (Å²) in [5.41, 5.74) is 1.50. The van der Waals surface area contributed by atoms with E-state index in [0.29, 0.717) is 36.9 Å². The SMILES string of the molecule is CC(=O)Nc1ccc(S(=O)(=O)NC2=C(N3CCN(c4cccc(Cl)c4)CC3)C(=O)c3ccccc3C2=O)cc1. The first kappa shape index (κ1) is 26.5. The summed E-state index contributed by atoms with van der Waals surface area (Å²) in [7, 11) is -4.24. The second-order valence-corrected chi connectivity index (χ2v) is 11.3. The van der Waals surface area contributed by atoms with E-state index >= 15 is 0 Å². The Bertz CT molecular complexity index is 1610. The fraction of sp³-hybridized carbons (Fsp3) is 0.179. The third-order valence-corrected chi connectivity index (χ3v) is 8.19. The molecule has 200 valence electrons. The zero-order valence-corrected chi connectivity index (χ0v) is 22.6. The predicted molar refractivity (Wildman–Crippen MR) is 148 cm³/mol. The van der Waals surface area contributed by atoms with Gasteiger partial charge in [-0.3, -0.25) is 19.1 Å². The summed E-state index contributed by atoms with van der Waals surface area (Å²) in [5.74, 6) is -1.28. The number of benzene rings is 3. The molecule has 0 saturated carbocycles. The van der Waals surface area contributed by atoms with Crippen molar-refractivity contribution in [2.75, 3.05) is 36.4 Å². The number of amides is 1. The van der Waals surface area contributed by atoms with Gasteiger partial charge in [0.25, 0.3) is 10.0 Å². The first-order valence-corrected chi connectivity index (χ1v) is 14.1. The highest BCUT2D eigenvalue weighted by molar-refractivity contribution is 7.89. The number of rotatable bonds is 6. The van der Waals surface area contributed by atoms with E-state index in [9.17, 15) is 22.8 Å². The Morgan fingerprint density at radius 1 is 0.821 bits per heavy atom. The highest BCUT2D eigenvalue weighted by Gasteiger charge is 2.38. The van der Waals surface area contributed by atoms with Crippen molar-refractivity contribution >= 4 is 50.5 Å². The Balaban J connectivity index is 1.48. The minimum atomic E-state index is -4.24. The van der Waals surface area contributed by atoms with Crippen LogP contribution in [0.3, 0.4) is 0 Å². The fourth-order valence-corrected chi connectivity index (χ4v) is 5.99. The monoisotopic (exact) mass is 564 g/mol. The Morgan fingerprint density at radius 3 is 2.05 bits per heavy atom. The van der Waals surface area contributed by atoms with Crippen LogP contribution in [0.4, 0.5) is 11.4 Å². The van der Waals surface area contributed by atoms with Gasteiger partial charge < -0.3 is 15.1 Å². The van der Waals surface area contributed by atoms with Crippen molar-refractivity contribution in [2.24, 2.45) is 0 Å². The van der Waals surface area contributed by atoms with Gasteiger partial charge in [-0.05, 0) is 42.5 Å². The molecule has 1 fully saturated rings. The lowest BCUT2D eigenvalue weighted by Crippen LogP contribution is -2.49. The van der Waals surface area contributed by atoms with Crippen LogP contribution in [0.15, 0.2) is 89.1 Å². The molecule has 1 saturated heterocycles. The van der Waals surface area contributed by atoms with Gasteiger partial charge in [0.2, 0.25) is 17.5 Å². The molecule has 0 spiro atoms. The smallest absolute Gasteiger partial charge is 0.262 e. The van der Waals surface area contributed by atoms with Gasteiger partial charge in [-0.25, -0.2) is 8.42 Å². The Hall–Kier alpha value is -4.15.